The van der Waals surface area contributed by atoms with Gasteiger partial charge >= 0.3 is 29.6 Å². The zero-order chi connectivity index (χ0) is 24.4. The molecule has 1 aliphatic rings. The molecule has 0 spiro atoms. The van der Waals surface area contributed by atoms with Crippen LogP contribution in [0.1, 0.15) is 11.1 Å². The number of aromatic amines is 2. The van der Waals surface area contributed by atoms with Gasteiger partial charge in [0.1, 0.15) is 5.75 Å². The summed E-state index contributed by atoms with van der Waals surface area (Å²) in [6, 6.07) is 22.3. The smallest absolute Gasteiger partial charge is 0.548 e. The molecule has 5 rings (SSSR count). The average Bonchev–Trinajstić information content (AvgIpc) is 3.21. The Balaban J connectivity index is 0.00000304. The fourth-order valence-electron chi connectivity index (χ4n) is 4.24. The van der Waals surface area contributed by atoms with Crippen molar-refractivity contribution in [2.75, 3.05) is 16.9 Å². The second-order valence-electron chi connectivity index (χ2n) is 8.14. The van der Waals surface area contributed by atoms with Crippen molar-refractivity contribution < 1.29 is 44.2 Å². The maximum atomic E-state index is 11.9. The molecule has 0 saturated carbocycles. The van der Waals surface area contributed by atoms with Gasteiger partial charge in [0.25, 0.3) is 0 Å². The molecule has 8 nitrogen and oxygen atoms in total. The Morgan fingerprint density at radius 1 is 0.972 bits per heavy atom. The van der Waals surface area contributed by atoms with Gasteiger partial charge in [-0.2, -0.15) is 0 Å². The predicted octanol–water partition coefficient (Wildman–Crippen LogP) is 0.726. The summed E-state index contributed by atoms with van der Waals surface area (Å²) in [6.45, 7) is 0.745. The van der Waals surface area contributed by atoms with E-state index in [4.69, 9.17) is 29.2 Å². The van der Waals surface area contributed by atoms with Crippen LogP contribution in [0.15, 0.2) is 72.8 Å². The topological polar surface area (TPSA) is 101 Å². The van der Waals surface area contributed by atoms with E-state index in [0.717, 1.165) is 28.2 Å². The first-order valence-corrected chi connectivity index (χ1v) is 11.8. The van der Waals surface area contributed by atoms with E-state index in [1.807, 2.05) is 77.7 Å². The van der Waals surface area contributed by atoms with E-state index >= 15 is 0 Å². The van der Waals surface area contributed by atoms with E-state index in [2.05, 4.69) is 15.5 Å². The van der Waals surface area contributed by atoms with Gasteiger partial charge in [0.05, 0.1) is 17.7 Å². The Labute approximate surface area is 240 Å². The molecule has 11 heteroatoms. The summed E-state index contributed by atoms with van der Waals surface area (Å²) < 4.78 is 8.53. The van der Waals surface area contributed by atoms with Gasteiger partial charge in [-0.05, 0) is 84.4 Å². The Kier molecular flexibility index (Phi) is 8.32. The number of benzene rings is 3. The average molecular weight is 528 g/mol. The summed E-state index contributed by atoms with van der Waals surface area (Å²) in [6.07, 6.45) is 0.411. The van der Waals surface area contributed by atoms with Crippen LogP contribution in [0.25, 0.3) is 5.69 Å². The number of carboxylic acid groups (broad SMARTS) is 1. The van der Waals surface area contributed by atoms with Crippen molar-refractivity contribution in [3.05, 3.63) is 93.5 Å². The monoisotopic (exact) mass is 527 g/mol. The van der Waals surface area contributed by atoms with E-state index < -0.39 is 12.0 Å². The largest absolute Gasteiger partial charge is 1.00 e. The van der Waals surface area contributed by atoms with Crippen molar-refractivity contribution in [1.29, 1.82) is 0 Å². The quantitative estimate of drug-likeness (QED) is 0.185. The molecular weight excluding hydrogens is 505 g/mol. The Bertz CT molecular complexity index is 1450. The normalized spacial score (nSPS) is 14.4. The first-order valence-electron chi connectivity index (χ1n) is 11.0. The minimum atomic E-state index is -1.08. The Hall–Kier alpha value is -2.89. The van der Waals surface area contributed by atoms with Crippen LogP contribution in [0.5, 0.6) is 5.75 Å². The molecule has 0 saturated heterocycles. The number of ether oxygens (including phenoxy) is 1. The summed E-state index contributed by atoms with van der Waals surface area (Å²) in [7, 11) is 0. The van der Waals surface area contributed by atoms with Crippen molar-refractivity contribution in [2.24, 2.45) is 0 Å². The van der Waals surface area contributed by atoms with Crippen LogP contribution < -0.4 is 49.6 Å². The number of carboxylic acids is 1. The molecule has 0 radical (unpaired) electrons. The zero-order valence-corrected chi connectivity index (χ0v) is 23.2. The summed E-state index contributed by atoms with van der Waals surface area (Å²) in [5.74, 6) is -0.398. The van der Waals surface area contributed by atoms with Crippen LogP contribution in [0.3, 0.4) is 0 Å². The molecule has 0 fully saturated rings. The minimum Gasteiger partial charge on any atom is -0.548 e. The molecule has 0 bridgehead atoms. The van der Waals surface area contributed by atoms with Gasteiger partial charge in [-0.1, -0.05) is 30.3 Å². The minimum absolute atomic E-state index is 0. The molecule has 1 aromatic heterocycles. The number of hydrogen-bond donors (Lipinski definition) is 3. The molecule has 0 amide bonds. The van der Waals surface area contributed by atoms with Crippen molar-refractivity contribution in [2.45, 2.75) is 19.0 Å². The molecule has 2 heterocycles. The molecule has 1 unspecified atom stereocenters. The van der Waals surface area contributed by atoms with Crippen LogP contribution in [-0.4, -0.2) is 33.5 Å². The second-order valence-corrected chi connectivity index (χ2v) is 8.91. The SMILES string of the molecule is O=C([O-])C1Cc2ccccc2CN1c1cccc(NCOc2ccc(-n3c(=S)[nH][nH]c3=S)cc2)c1.[Na+]. The predicted molar refractivity (Wildman–Crippen MR) is 137 cm³/mol. The molecular formula is C25H22N5NaO3S2. The molecule has 0 aliphatic carbocycles. The third kappa shape index (κ3) is 5.58. The van der Waals surface area contributed by atoms with Crippen molar-refractivity contribution in [3.63, 3.8) is 0 Å². The summed E-state index contributed by atoms with van der Waals surface area (Å²) >= 11 is 10.5. The number of hydrogen-bond acceptors (Lipinski definition) is 7. The van der Waals surface area contributed by atoms with Crippen LogP contribution in [0.2, 0.25) is 0 Å². The van der Waals surface area contributed by atoms with Gasteiger partial charge in [-0.3, -0.25) is 14.8 Å². The van der Waals surface area contributed by atoms with Gasteiger partial charge < -0.3 is 24.9 Å². The van der Waals surface area contributed by atoms with Gasteiger partial charge in [0.2, 0.25) is 0 Å². The van der Waals surface area contributed by atoms with Crippen molar-refractivity contribution in [3.8, 4) is 11.4 Å². The van der Waals surface area contributed by atoms with Gasteiger partial charge in [-0.25, -0.2) is 0 Å². The van der Waals surface area contributed by atoms with E-state index in [9.17, 15) is 9.90 Å². The van der Waals surface area contributed by atoms with E-state index in [0.29, 0.717) is 28.3 Å². The number of fused-ring (bicyclic) bond motifs is 1. The molecule has 178 valence electrons. The van der Waals surface area contributed by atoms with Gasteiger partial charge in [0.15, 0.2) is 16.3 Å². The maximum absolute atomic E-state index is 11.9. The first-order chi connectivity index (χ1) is 17.0. The standard InChI is InChI=1S/C25H23N5O3S2.Na/c31-23(32)22-12-16-4-1-2-5-17(16)14-29(22)20-7-3-6-18(13-20)26-15-33-21-10-8-19(9-11-21)30-24(34)27-28-25(30)35;/h1-11,13,22,26H,12,14-15H2,(H,27,34)(H,28,35)(H,31,32);/q;+1/p-1. The van der Waals surface area contributed by atoms with Crippen LogP contribution >= 0.6 is 24.4 Å². The Morgan fingerprint density at radius 3 is 2.36 bits per heavy atom. The molecule has 4 aromatic rings. The number of H-pyrrole nitrogens is 2. The second kappa shape index (κ2) is 11.4. The number of carbonyl (C=O) groups excluding carboxylic acids is 1. The number of aliphatic carboxylic acids is 1. The third-order valence-corrected chi connectivity index (χ3v) is 6.56. The molecule has 1 atom stereocenters. The fraction of sp³-hybridized carbons (Fsp3) is 0.160. The van der Waals surface area contributed by atoms with Crippen LogP contribution in [0, 0.1) is 9.54 Å². The fourth-order valence-corrected chi connectivity index (χ4v) is 4.79. The molecule has 1 aliphatic heterocycles. The molecule has 3 N–H and O–H groups in total. The number of carbonyl (C=O) groups is 1. The molecule has 3 aromatic carbocycles. The first kappa shape index (κ1) is 26.2. The number of rotatable bonds is 7. The van der Waals surface area contributed by atoms with E-state index in [1.54, 1.807) is 4.57 Å². The van der Waals surface area contributed by atoms with Crippen molar-refractivity contribution in [1.82, 2.24) is 14.8 Å². The van der Waals surface area contributed by atoms with Crippen LogP contribution in [0.4, 0.5) is 11.4 Å². The number of nitrogens with one attached hydrogen (secondary N) is 3. The summed E-state index contributed by atoms with van der Waals surface area (Å²) in [5, 5.41) is 20.8. The zero-order valence-electron chi connectivity index (χ0n) is 19.6. The number of anilines is 2. The maximum Gasteiger partial charge on any atom is 1.00 e. The number of aromatic nitrogens is 3. The van der Waals surface area contributed by atoms with Gasteiger partial charge in [-0.15, -0.1) is 0 Å². The van der Waals surface area contributed by atoms with E-state index in [1.165, 1.54) is 0 Å². The van der Waals surface area contributed by atoms with Crippen molar-refractivity contribution >= 4 is 41.8 Å². The summed E-state index contributed by atoms with van der Waals surface area (Å²) in [5.41, 5.74) is 4.63. The van der Waals surface area contributed by atoms with Crippen LogP contribution in [-0.2, 0) is 17.8 Å². The Morgan fingerprint density at radius 2 is 1.67 bits per heavy atom. The summed E-state index contributed by atoms with van der Waals surface area (Å²) in [4.78, 5) is 13.8. The van der Waals surface area contributed by atoms with E-state index in [-0.39, 0.29) is 36.3 Å². The van der Waals surface area contributed by atoms with Gasteiger partial charge in [0, 0.05) is 17.9 Å². The molecule has 36 heavy (non-hydrogen) atoms. The third-order valence-electron chi connectivity index (χ3n) is 5.99. The number of nitrogens with zero attached hydrogens (tertiary/aromatic N) is 2.